The molecular formula is C24H25FN2O4S. The number of ether oxygens (including phenoxy) is 2. The van der Waals surface area contributed by atoms with Crippen molar-refractivity contribution in [2.75, 3.05) is 6.61 Å². The van der Waals surface area contributed by atoms with E-state index in [1.54, 1.807) is 11.8 Å². The van der Waals surface area contributed by atoms with Crippen LogP contribution in [-0.2, 0) is 22.7 Å². The van der Waals surface area contributed by atoms with Crippen molar-refractivity contribution in [1.82, 2.24) is 9.88 Å². The first-order valence-corrected chi connectivity index (χ1v) is 11.0. The summed E-state index contributed by atoms with van der Waals surface area (Å²) in [4.78, 5) is 31.6. The van der Waals surface area contributed by atoms with Crippen LogP contribution in [0.25, 0.3) is 0 Å². The van der Waals surface area contributed by atoms with Crippen LogP contribution in [0.4, 0.5) is 4.39 Å². The second-order valence-corrected chi connectivity index (χ2v) is 8.53. The molecule has 0 aliphatic carbocycles. The second-order valence-electron chi connectivity index (χ2n) is 7.44. The standard InChI is InChI=1S/C24H25FN2O4S/c1-16(2)27(13-18-7-5-4-6-8-18)22(28)15-31-24(29)23-17(3)26-21(32-23)14-30-20-11-9-19(25)10-12-20/h4-12,16H,13-15H2,1-3H3. The van der Waals surface area contributed by atoms with Crippen LogP contribution in [-0.4, -0.2) is 34.4 Å². The quantitative estimate of drug-likeness (QED) is 0.434. The molecule has 0 saturated carbocycles. The molecule has 0 saturated heterocycles. The van der Waals surface area contributed by atoms with E-state index in [0.717, 1.165) is 16.9 Å². The molecule has 2 aromatic carbocycles. The maximum atomic E-state index is 13.0. The summed E-state index contributed by atoms with van der Waals surface area (Å²) >= 11 is 1.15. The molecule has 1 heterocycles. The van der Waals surface area contributed by atoms with Crippen LogP contribution in [0.3, 0.4) is 0 Å². The smallest absolute Gasteiger partial charge is 0.350 e. The molecule has 0 aliphatic heterocycles. The molecule has 3 rings (SSSR count). The lowest BCUT2D eigenvalue weighted by molar-refractivity contribution is -0.136. The number of hydrogen-bond donors (Lipinski definition) is 0. The zero-order valence-electron chi connectivity index (χ0n) is 18.2. The number of thiazole rings is 1. The molecule has 168 valence electrons. The van der Waals surface area contributed by atoms with Crippen molar-refractivity contribution < 1.29 is 23.5 Å². The Bertz CT molecular complexity index is 1050. The molecule has 1 amide bonds. The first-order chi connectivity index (χ1) is 15.3. The fraction of sp³-hybridized carbons (Fsp3) is 0.292. The Labute approximate surface area is 190 Å². The lowest BCUT2D eigenvalue weighted by Gasteiger charge is -2.26. The summed E-state index contributed by atoms with van der Waals surface area (Å²) in [6.07, 6.45) is 0. The fourth-order valence-electron chi connectivity index (χ4n) is 2.99. The average Bonchev–Trinajstić information content (AvgIpc) is 3.16. The van der Waals surface area contributed by atoms with Crippen LogP contribution in [0, 0.1) is 12.7 Å². The Morgan fingerprint density at radius 3 is 2.44 bits per heavy atom. The average molecular weight is 457 g/mol. The second kappa shape index (κ2) is 10.9. The highest BCUT2D eigenvalue weighted by Gasteiger charge is 2.22. The molecule has 8 heteroatoms. The van der Waals surface area contributed by atoms with E-state index in [2.05, 4.69) is 4.98 Å². The van der Waals surface area contributed by atoms with Crippen molar-refractivity contribution in [3.05, 3.63) is 81.6 Å². The van der Waals surface area contributed by atoms with Crippen molar-refractivity contribution in [2.24, 2.45) is 0 Å². The van der Waals surface area contributed by atoms with Gasteiger partial charge in [-0.25, -0.2) is 14.2 Å². The molecule has 0 bridgehead atoms. The molecule has 0 radical (unpaired) electrons. The Morgan fingerprint density at radius 1 is 1.09 bits per heavy atom. The Kier molecular flexibility index (Phi) is 7.94. The predicted molar refractivity (Wildman–Crippen MR) is 120 cm³/mol. The van der Waals surface area contributed by atoms with Gasteiger partial charge in [0.05, 0.1) is 5.69 Å². The number of aromatic nitrogens is 1. The zero-order chi connectivity index (χ0) is 23.1. The van der Waals surface area contributed by atoms with Gasteiger partial charge in [0.1, 0.15) is 28.1 Å². The summed E-state index contributed by atoms with van der Waals surface area (Å²) in [7, 11) is 0. The van der Waals surface area contributed by atoms with E-state index < -0.39 is 5.97 Å². The molecule has 0 aliphatic rings. The van der Waals surface area contributed by atoms with E-state index in [0.29, 0.717) is 27.9 Å². The number of hydrogen-bond acceptors (Lipinski definition) is 6. The van der Waals surface area contributed by atoms with Gasteiger partial charge in [-0.15, -0.1) is 11.3 Å². The van der Waals surface area contributed by atoms with E-state index in [-0.39, 0.29) is 31.0 Å². The number of halogens is 1. The minimum Gasteiger partial charge on any atom is -0.486 e. The first kappa shape index (κ1) is 23.4. The molecule has 0 atom stereocenters. The van der Waals surface area contributed by atoms with Crippen molar-refractivity contribution in [3.63, 3.8) is 0 Å². The molecule has 1 aromatic heterocycles. The molecule has 6 nitrogen and oxygen atoms in total. The van der Waals surface area contributed by atoms with E-state index in [1.807, 2.05) is 44.2 Å². The number of benzene rings is 2. The third-order valence-corrected chi connectivity index (χ3v) is 5.78. The number of amides is 1. The van der Waals surface area contributed by atoms with E-state index in [1.165, 1.54) is 24.3 Å². The third kappa shape index (κ3) is 6.37. The van der Waals surface area contributed by atoms with Crippen molar-refractivity contribution in [3.8, 4) is 5.75 Å². The fourth-order valence-corrected chi connectivity index (χ4v) is 3.87. The van der Waals surface area contributed by atoms with Gasteiger partial charge in [-0.05, 0) is 50.6 Å². The zero-order valence-corrected chi connectivity index (χ0v) is 19.0. The number of aryl methyl sites for hydroxylation is 1. The summed E-state index contributed by atoms with van der Waals surface area (Å²) in [5.41, 5.74) is 1.51. The van der Waals surface area contributed by atoms with Gasteiger partial charge >= 0.3 is 5.97 Å². The molecular weight excluding hydrogens is 431 g/mol. The highest BCUT2D eigenvalue weighted by atomic mass is 32.1. The van der Waals surface area contributed by atoms with Crippen LogP contribution in [0.1, 0.15) is 39.8 Å². The SMILES string of the molecule is Cc1nc(COc2ccc(F)cc2)sc1C(=O)OCC(=O)N(Cc1ccccc1)C(C)C. The highest BCUT2D eigenvalue weighted by molar-refractivity contribution is 7.13. The number of rotatable bonds is 9. The van der Waals surface area contributed by atoms with Crippen LogP contribution in [0.2, 0.25) is 0 Å². The van der Waals surface area contributed by atoms with Crippen LogP contribution in [0.15, 0.2) is 54.6 Å². The van der Waals surface area contributed by atoms with Gasteiger partial charge < -0.3 is 14.4 Å². The van der Waals surface area contributed by atoms with Crippen molar-refractivity contribution in [1.29, 1.82) is 0 Å². The summed E-state index contributed by atoms with van der Waals surface area (Å²) in [6.45, 7) is 5.78. The van der Waals surface area contributed by atoms with Gasteiger partial charge in [0.2, 0.25) is 0 Å². The summed E-state index contributed by atoms with van der Waals surface area (Å²) in [5.74, 6) is -0.702. The van der Waals surface area contributed by atoms with Gasteiger partial charge in [-0.3, -0.25) is 4.79 Å². The number of carbonyl (C=O) groups excluding carboxylic acids is 2. The van der Waals surface area contributed by atoms with Gasteiger partial charge in [-0.1, -0.05) is 30.3 Å². The van der Waals surface area contributed by atoms with Gasteiger partial charge in [0, 0.05) is 12.6 Å². The number of carbonyl (C=O) groups is 2. The Hall–Kier alpha value is -3.26. The Morgan fingerprint density at radius 2 is 1.78 bits per heavy atom. The predicted octanol–water partition coefficient (Wildman–Crippen LogP) is 4.76. The topological polar surface area (TPSA) is 68.7 Å². The molecule has 3 aromatic rings. The molecule has 0 N–H and O–H groups in total. The van der Waals surface area contributed by atoms with Crippen molar-refractivity contribution in [2.45, 2.75) is 40.0 Å². The van der Waals surface area contributed by atoms with Gasteiger partial charge in [0.15, 0.2) is 6.61 Å². The minimum atomic E-state index is -0.593. The molecule has 0 spiro atoms. The van der Waals surface area contributed by atoms with Crippen molar-refractivity contribution >= 4 is 23.2 Å². The van der Waals surface area contributed by atoms with Gasteiger partial charge in [-0.2, -0.15) is 0 Å². The highest BCUT2D eigenvalue weighted by Crippen LogP contribution is 2.21. The lowest BCUT2D eigenvalue weighted by atomic mass is 10.2. The summed E-state index contributed by atoms with van der Waals surface area (Å²) in [6, 6.07) is 15.3. The maximum Gasteiger partial charge on any atom is 0.350 e. The van der Waals surface area contributed by atoms with E-state index >= 15 is 0 Å². The van der Waals surface area contributed by atoms with E-state index in [4.69, 9.17) is 9.47 Å². The largest absolute Gasteiger partial charge is 0.486 e. The third-order valence-electron chi connectivity index (χ3n) is 4.67. The van der Waals surface area contributed by atoms with E-state index in [9.17, 15) is 14.0 Å². The first-order valence-electron chi connectivity index (χ1n) is 10.2. The minimum absolute atomic E-state index is 0.0400. The number of nitrogens with zero attached hydrogens (tertiary/aromatic N) is 2. The van der Waals surface area contributed by atoms with Crippen LogP contribution in [0.5, 0.6) is 5.75 Å². The van der Waals surface area contributed by atoms with Crippen LogP contribution < -0.4 is 4.74 Å². The molecule has 32 heavy (non-hydrogen) atoms. The Balaban J connectivity index is 1.56. The normalized spacial score (nSPS) is 10.8. The van der Waals surface area contributed by atoms with Crippen LogP contribution >= 0.6 is 11.3 Å². The summed E-state index contributed by atoms with van der Waals surface area (Å²) < 4.78 is 23.8. The summed E-state index contributed by atoms with van der Waals surface area (Å²) in [5, 5.41) is 0.581. The number of esters is 1. The lowest BCUT2D eigenvalue weighted by Crippen LogP contribution is -2.39. The monoisotopic (exact) mass is 456 g/mol. The molecule has 0 unspecified atom stereocenters. The maximum absolute atomic E-state index is 13.0. The van der Waals surface area contributed by atoms with Gasteiger partial charge in [0.25, 0.3) is 5.91 Å². The molecule has 0 fully saturated rings.